The Kier molecular flexibility index (Phi) is 5.40. The van der Waals surface area contributed by atoms with E-state index in [9.17, 15) is 8.42 Å². The van der Waals surface area contributed by atoms with Crippen LogP contribution in [0.1, 0.15) is 20.8 Å². The minimum Gasteiger partial charge on any atom is -0.416 e. The van der Waals surface area contributed by atoms with Gasteiger partial charge in [0.05, 0.1) is 10.8 Å². The Morgan fingerprint density at radius 3 is 2.35 bits per heavy atom. The van der Waals surface area contributed by atoms with E-state index < -0.39 is 18.2 Å². The van der Waals surface area contributed by atoms with Crippen molar-refractivity contribution in [3.63, 3.8) is 0 Å². The first-order chi connectivity index (χ1) is 8.96. The van der Waals surface area contributed by atoms with Gasteiger partial charge in [-0.2, -0.15) is 0 Å². The topological polar surface area (TPSA) is 56.3 Å². The second kappa shape index (κ2) is 6.13. The highest BCUT2D eigenvalue weighted by molar-refractivity contribution is 7.91. The van der Waals surface area contributed by atoms with Crippen molar-refractivity contribution >= 4 is 29.8 Å². The summed E-state index contributed by atoms with van der Waals surface area (Å²) in [5.41, 5.74) is 0. The summed E-state index contributed by atoms with van der Waals surface area (Å²) in [5.74, 6) is -0.0614. The molecule has 0 bridgehead atoms. The summed E-state index contributed by atoms with van der Waals surface area (Å²) in [5, 5.41) is 0.525. The molecule has 1 aromatic rings. The molecule has 0 N–H and O–H groups in total. The monoisotopic (exact) mass is 335 g/mol. The summed E-state index contributed by atoms with van der Waals surface area (Å²) < 4.78 is 30.1. The van der Waals surface area contributed by atoms with E-state index in [0.29, 0.717) is 5.02 Å². The molecule has 20 heavy (non-hydrogen) atoms. The highest BCUT2D eigenvalue weighted by Gasteiger charge is 2.37. The van der Waals surface area contributed by atoms with Crippen LogP contribution in [-0.4, -0.2) is 34.1 Å². The smallest absolute Gasteiger partial charge is 0.197 e. The van der Waals surface area contributed by atoms with Crippen LogP contribution < -0.4 is 0 Å². The number of sulfone groups is 1. The summed E-state index contributed by atoms with van der Waals surface area (Å²) in [6.45, 7) is 10.8. The number of hydrogen-bond acceptors (Lipinski definition) is 4. The van der Waals surface area contributed by atoms with Gasteiger partial charge in [0.15, 0.2) is 23.2 Å². The molecule has 0 amide bonds. The summed E-state index contributed by atoms with van der Waals surface area (Å²) >= 11 is 5.70. The molecule has 1 rings (SSSR count). The molecule has 0 radical (unpaired) electrons. The molecule has 0 unspecified atom stereocenters. The average molecular weight is 336 g/mol. The van der Waals surface area contributed by atoms with Crippen molar-refractivity contribution in [3.05, 3.63) is 23.4 Å². The molecule has 4 nitrogen and oxygen atoms in total. The number of aromatic nitrogens is 1. The fourth-order valence-corrected chi connectivity index (χ4v) is 3.58. The first kappa shape index (κ1) is 17.6. The van der Waals surface area contributed by atoms with Crippen molar-refractivity contribution in [2.75, 3.05) is 12.4 Å². The van der Waals surface area contributed by atoms with Crippen molar-refractivity contribution in [2.45, 2.75) is 43.9 Å². The van der Waals surface area contributed by atoms with Crippen LogP contribution in [0, 0.1) is 0 Å². The third kappa shape index (κ3) is 4.55. The number of rotatable bonds is 5. The number of halogens is 1. The quantitative estimate of drug-likeness (QED) is 0.772. The number of pyridine rings is 1. The van der Waals surface area contributed by atoms with Crippen LogP contribution >= 0.6 is 11.6 Å². The van der Waals surface area contributed by atoms with Gasteiger partial charge in [-0.15, -0.1) is 0 Å². The first-order valence-corrected chi connectivity index (χ1v) is 11.4. The van der Waals surface area contributed by atoms with Crippen LogP contribution in [0.4, 0.5) is 0 Å². The lowest BCUT2D eigenvalue weighted by Crippen LogP contribution is -2.41. The molecule has 0 saturated heterocycles. The van der Waals surface area contributed by atoms with Gasteiger partial charge in [0.2, 0.25) is 0 Å². The maximum atomic E-state index is 12.1. The zero-order valence-corrected chi connectivity index (χ0v) is 15.2. The molecule has 1 heterocycles. The van der Waals surface area contributed by atoms with Crippen molar-refractivity contribution in [3.8, 4) is 0 Å². The molecular weight excluding hydrogens is 314 g/mol. The Morgan fingerprint density at radius 1 is 1.30 bits per heavy atom. The van der Waals surface area contributed by atoms with Gasteiger partial charge in [-0.1, -0.05) is 32.4 Å². The molecule has 0 aliphatic carbocycles. The molecule has 114 valence electrons. The SMILES string of the molecule is CC(C)(C)[Si](C)(C)OCCS(=O)(=O)c1ccc(Cl)cn1. The van der Waals surface area contributed by atoms with E-state index in [1.807, 2.05) is 0 Å². The van der Waals surface area contributed by atoms with E-state index in [0.717, 1.165) is 0 Å². The Balaban J connectivity index is 2.68. The Bertz CT molecular complexity index is 550. The summed E-state index contributed by atoms with van der Waals surface area (Å²) in [4.78, 5) is 3.85. The van der Waals surface area contributed by atoms with E-state index in [-0.39, 0.29) is 22.4 Å². The predicted molar refractivity (Wildman–Crippen MR) is 84.4 cm³/mol. The zero-order valence-electron chi connectivity index (χ0n) is 12.6. The minimum atomic E-state index is -3.42. The van der Waals surface area contributed by atoms with Gasteiger partial charge in [-0.3, -0.25) is 0 Å². The van der Waals surface area contributed by atoms with E-state index in [2.05, 4.69) is 38.8 Å². The van der Waals surface area contributed by atoms with Gasteiger partial charge in [0, 0.05) is 12.8 Å². The third-order valence-electron chi connectivity index (χ3n) is 3.64. The van der Waals surface area contributed by atoms with Crippen molar-refractivity contribution in [1.29, 1.82) is 0 Å². The molecule has 1 aromatic heterocycles. The van der Waals surface area contributed by atoms with Gasteiger partial charge >= 0.3 is 0 Å². The lowest BCUT2D eigenvalue weighted by Gasteiger charge is -2.36. The van der Waals surface area contributed by atoms with Crippen molar-refractivity contribution in [1.82, 2.24) is 4.98 Å². The standard InChI is InChI=1S/C13H22ClNO3SSi/c1-13(2,3)20(4,5)18-8-9-19(16,17)12-7-6-11(14)10-15-12/h6-7,10H,8-9H2,1-5H3. The van der Waals surface area contributed by atoms with E-state index in [4.69, 9.17) is 16.0 Å². The molecule has 0 aromatic carbocycles. The van der Waals surface area contributed by atoms with Crippen LogP contribution in [0.2, 0.25) is 23.2 Å². The predicted octanol–water partition coefficient (Wildman–Crippen LogP) is 3.53. The van der Waals surface area contributed by atoms with Gasteiger partial charge in [0.25, 0.3) is 0 Å². The maximum absolute atomic E-state index is 12.1. The molecule has 0 fully saturated rings. The minimum absolute atomic E-state index is 0.0423. The third-order valence-corrected chi connectivity index (χ3v) is 9.98. The van der Waals surface area contributed by atoms with Crippen molar-refractivity contribution in [2.24, 2.45) is 0 Å². The molecular formula is C13H22ClNO3SSi. The fraction of sp³-hybridized carbons (Fsp3) is 0.615. The normalized spacial score (nSPS) is 13.5. The molecule has 0 aliphatic heterocycles. The maximum Gasteiger partial charge on any atom is 0.197 e. The first-order valence-electron chi connectivity index (χ1n) is 6.44. The number of nitrogens with zero attached hydrogens (tertiary/aromatic N) is 1. The van der Waals surface area contributed by atoms with E-state index in [1.54, 1.807) is 0 Å². The molecule has 0 saturated carbocycles. The van der Waals surface area contributed by atoms with E-state index >= 15 is 0 Å². The lowest BCUT2D eigenvalue weighted by molar-refractivity contribution is 0.309. The Hall–Kier alpha value is -0.433. The summed E-state index contributed by atoms with van der Waals surface area (Å²) in [7, 11) is -5.34. The summed E-state index contributed by atoms with van der Waals surface area (Å²) in [6.07, 6.45) is 1.34. The molecule has 0 aliphatic rings. The summed E-state index contributed by atoms with van der Waals surface area (Å²) in [6, 6.07) is 2.94. The van der Waals surface area contributed by atoms with Gasteiger partial charge < -0.3 is 4.43 Å². The number of hydrogen-bond donors (Lipinski definition) is 0. The van der Waals surface area contributed by atoms with E-state index in [1.165, 1.54) is 18.3 Å². The largest absolute Gasteiger partial charge is 0.416 e. The van der Waals surface area contributed by atoms with Crippen LogP contribution in [0.3, 0.4) is 0 Å². The van der Waals surface area contributed by atoms with Crippen LogP contribution in [-0.2, 0) is 14.3 Å². The van der Waals surface area contributed by atoms with Gasteiger partial charge in [-0.25, -0.2) is 13.4 Å². The van der Waals surface area contributed by atoms with Crippen LogP contribution in [0.25, 0.3) is 0 Å². The fourth-order valence-electron chi connectivity index (χ4n) is 1.27. The zero-order chi connectivity index (χ0) is 15.6. The van der Waals surface area contributed by atoms with Gasteiger partial charge in [0.1, 0.15) is 0 Å². The highest BCUT2D eigenvalue weighted by Crippen LogP contribution is 2.36. The molecule has 0 spiro atoms. The average Bonchev–Trinajstić information content (AvgIpc) is 2.27. The van der Waals surface area contributed by atoms with Crippen LogP contribution in [0.15, 0.2) is 23.4 Å². The molecule has 7 heteroatoms. The van der Waals surface area contributed by atoms with Crippen LogP contribution in [0.5, 0.6) is 0 Å². The lowest BCUT2D eigenvalue weighted by atomic mass is 10.2. The van der Waals surface area contributed by atoms with Gasteiger partial charge in [-0.05, 0) is 30.3 Å². The van der Waals surface area contributed by atoms with Crippen molar-refractivity contribution < 1.29 is 12.8 Å². The second-order valence-corrected chi connectivity index (χ2v) is 13.5. The second-order valence-electron chi connectivity index (χ2n) is 6.24. The molecule has 0 atom stereocenters. The Morgan fingerprint density at radius 2 is 1.90 bits per heavy atom. The highest BCUT2D eigenvalue weighted by atomic mass is 35.5. The Labute approximate surface area is 127 Å².